The second kappa shape index (κ2) is 7.46. The normalized spacial score (nSPS) is 16.0. The van der Waals surface area contributed by atoms with Gasteiger partial charge in [-0.2, -0.15) is 0 Å². The fourth-order valence-electron chi connectivity index (χ4n) is 2.55. The molecule has 1 heterocycles. The summed E-state index contributed by atoms with van der Waals surface area (Å²) in [4.78, 5) is 30.9. The first-order valence-electron chi connectivity index (χ1n) is 7.93. The van der Waals surface area contributed by atoms with E-state index in [4.69, 9.17) is 4.84 Å². The molecule has 0 saturated carbocycles. The molecule has 1 fully saturated rings. The van der Waals surface area contributed by atoms with Crippen LogP contribution < -0.4 is 5.32 Å². The van der Waals surface area contributed by atoms with Crippen LogP contribution in [-0.4, -0.2) is 47.1 Å². The molecule has 0 radical (unpaired) electrons. The number of urea groups is 1. The quantitative estimate of drug-likeness (QED) is 0.685. The third-order valence-electron chi connectivity index (χ3n) is 3.62. The van der Waals surface area contributed by atoms with Crippen LogP contribution in [0, 0.1) is 0 Å². The Labute approximate surface area is 137 Å². The number of hydrogen-bond donors (Lipinski definition) is 1. The van der Waals surface area contributed by atoms with Gasteiger partial charge in [-0.15, -0.1) is 0 Å². The Bertz CT molecular complexity index is 520. The fraction of sp³-hybridized carbons (Fsp3) is 0.529. The number of anilines is 1. The number of amides is 3. The molecule has 0 unspecified atom stereocenters. The van der Waals surface area contributed by atoms with E-state index in [1.807, 2.05) is 51.1 Å². The molecule has 3 amide bonds. The van der Waals surface area contributed by atoms with Crippen molar-refractivity contribution in [3.63, 3.8) is 0 Å². The van der Waals surface area contributed by atoms with Crippen LogP contribution in [-0.2, 0) is 9.63 Å². The smallest absolute Gasteiger partial charge is 0.321 e. The summed E-state index contributed by atoms with van der Waals surface area (Å²) >= 11 is 0. The number of benzene rings is 1. The number of nitrogens with zero attached hydrogens (tertiary/aromatic N) is 2. The Kier molecular flexibility index (Phi) is 5.60. The van der Waals surface area contributed by atoms with Gasteiger partial charge in [-0.3, -0.25) is 9.63 Å². The summed E-state index contributed by atoms with van der Waals surface area (Å²) in [6.07, 6.45) is 2.14. The Morgan fingerprint density at radius 1 is 1.26 bits per heavy atom. The topological polar surface area (TPSA) is 61.9 Å². The largest absolute Gasteiger partial charge is 0.324 e. The molecule has 0 aliphatic carbocycles. The second-order valence-electron chi connectivity index (χ2n) is 6.68. The number of hydroxylamine groups is 2. The average Bonchev–Trinajstić information content (AvgIpc) is 2.53. The molecular weight excluding hydrogens is 294 g/mol. The number of para-hydroxylation sites is 1. The molecule has 2 rings (SSSR count). The lowest BCUT2D eigenvalue weighted by Gasteiger charge is -2.38. The molecule has 1 aliphatic rings. The van der Waals surface area contributed by atoms with Gasteiger partial charge >= 0.3 is 6.03 Å². The van der Waals surface area contributed by atoms with Crippen molar-refractivity contribution in [2.24, 2.45) is 0 Å². The third-order valence-corrected chi connectivity index (χ3v) is 3.62. The van der Waals surface area contributed by atoms with Crippen LogP contribution in [0.15, 0.2) is 30.3 Å². The van der Waals surface area contributed by atoms with Crippen molar-refractivity contribution in [3.05, 3.63) is 30.3 Å². The predicted molar refractivity (Wildman–Crippen MR) is 88.8 cm³/mol. The fourth-order valence-corrected chi connectivity index (χ4v) is 2.55. The summed E-state index contributed by atoms with van der Waals surface area (Å²) in [5.41, 5.74) is 0.369. The van der Waals surface area contributed by atoms with Gasteiger partial charge in [0.05, 0.1) is 11.6 Å². The van der Waals surface area contributed by atoms with Crippen molar-refractivity contribution < 1.29 is 14.4 Å². The van der Waals surface area contributed by atoms with Gasteiger partial charge in [0.25, 0.3) is 0 Å². The highest BCUT2D eigenvalue weighted by molar-refractivity contribution is 5.89. The van der Waals surface area contributed by atoms with E-state index in [0.717, 1.165) is 12.1 Å². The lowest BCUT2D eigenvalue weighted by molar-refractivity contribution is -0.235. The van der Waals surface area contributed by atoms with Crippen molar-refractivity contribution in [2.75, 3.05) is 18.4 Å². The van der Waals surface area contributed by atoms with Crippen LogP contribution in [0.25, 0.3) is 0 Å². The van der Waals surface area contributed by atoms with E-state index in [9.17, 15) is 9.59 Å². The number of piperidine rings is 1. The van der Waals surface area contributed by atoms with Gasteiger partial charge in [0, 0.05) is 18.8 Å². The molecule has 1 N–H and O–H groups in total. The number of carbonyl (C=O) groups excluding carboxylic acids is 2. The maximum absolute atomic E-state index is 12.2. The molecule has 6 heteroatoms. The van der Waals surface area contributed by atoms with Crippen molar-refractivity contribution >= 4 is 18.1 Å². The molecular formula is C17H25N3O3. The number of likely N-dealkylation sites (tertiary alicyclic amines) is 1. The van der Waals surface area contributed by atoms with E-state index in [0.29, 0.717) is 25.9 Å². The predicted octanol–water partition coefficient (Wildman–Crippen LogP) is 2.87. The zero-order valence-corrected chi connectivity index (χ0v) is 14.0. The maximum Gasteiger partial charge on any atom is 0.321 e. The zero-order valence-electron chi connectivity index (χ0n) is 14.0. The van der Waals surface area contributed by atoms with E-state index < -0.39 is 5.60 Å². The van der Waals surface area contributed by atoms with Gasteiger partial charge in [0.2, 0.25) is 6.41 Å². The first kappa shape index (κ1) is 17.3. The highest BCUT2D eigenvalue weighted by atomic mass is 16.7. The SMILES string of the molecule is CC(C)(C)ON(C=O)C1CCN(C(=O)Nc2ccccc2)CC1. The summed E-state index contributed by atoms with van der Waals surface area (Å²) in [6, 6.07) is 9.29. The Hall–Kier alpha value is -2.08. The monoisotopic (exact) mass is 319 g/mol. The number of nitrogens with one attached hydrogen (secondary N) is 1. The molecule has 1 saturated heterocycles. The maximum atomic E-state index is 12.2. The van der Waals surface area contributed by atoms with Crippen molar-refractivity contribution in [1.82, 2.24) is 9.96 Å². The molecule has 1 aromatic carbocycles. The minimum atomic E-state index is -0.414. The molecule has 23 heavy (non-hydrogen) atoms. The highest BCUT2D eigenvalue weighted by Gasteiger charge is 2.29. The number of rotatable bonds is 4. The summed E-state index contributed by atoms with van der Waals surface area (Å²) < 4.78 is 0. The third kappa shape index (κ3) is 5.25. The van der Waals surface area contributed by atoms with Gasteiger partial charge in [-0.05, 0) is 45.7 Å². The number of carbonyl (C=O) groups is 2. The van der Waals surface area contributed by atoms with Crippen LogP contribution in [0.4, 0.5) is 10.5 Å². The Morgan fingerprint density at radius 3 is 2.39 bits per heavy atom. The van der Waals surface area contributed by atoms with Crippen molar-refractivity contribution in [2.45, 2.75) is 45.3 Å². The second-order valence-corrected chi connectivity index (χ2v) is 6.68. The molecule has 126 valence electrons. The van der Waals surface area contributed by atoms with Crippen LogP contribution in [0.5, 0.6) is 0 Å². The summed E-state index contributed by atoms with van der Waals surface area (Å²) in [6.45, 7) is 6.92. The first-order chi connectivity index (χ1) is 10.9. The van der Waals surface area contributed by atoms with E-state index in [2.05, 4.69) is 5.32 Å². The molecule has 0 atom stereocenters. The van der Waals surface area contributed by atoms with E-state index >= 15 is 0 Å². The Balaban J connectivity index is 1.85. The summed E-state index contributed by atoms with van der Waals surface area (Å²) in [7, 11) is 0. The molecule has 0 bridgehead atoms. The van der Waals surface area contributed by atoms with Crippen LogP contribution in [0.1, 0.15) is 33.6 Å². The van der Waals surface area contributed by atoms with Gasteiger partial charge in [0.1, 0.15) is 0 Å². The average molecular weight is 319 g/mol. The van der Waals surface area contributed by atoms with Gasteiger partial charge in [-0.25, -0.2) is 9.86 Å². The molecule has 1 aliphatic heterocycles. The molecule has 6 nitrogen and oxygen atoms in total. The van der Waals surface area contributed by atoms with E-state index in [1.54, 1.807) is 4.90 Å². The van der Waals surface area contributed by atoms with Crippen molar-refractivity contribution in [3.8, 4) is 0 Å². The van der Waals surface area contributed by atoms with Crippen LogP contribution >= 0.6 is 0 Å². The summed E-state index contributed by atoms with van der Waals surface area (Å²) in [5.74, 6) is 0. The standard InChI is InChI=1S/C17H25N3O3/c1-17(2,3)23-20(13-21)15-9-11-19(12-10-15)16(22)18-14-7-5-4-6-8-14/h4-8,13,15H,9-12H2,1-3H3,(H,18,22). The minimum Gasteiger partial charge on any atom is -0.324 e. The lowest BCUT2D eigenvalue weighted by atomic mass is 10.1. The van der Waals surface area contributed by atoms with Gasteiger partial charge in [-0.1, -0.05) is 18.2 Å². The minimum absolute atomic E-state index is 0.00694. The van der Waals surface area contributed by atoms with Gasteiger partial charge in [0.15, 0.2) is 0 Å². The number of hydrogen-bond acceptors (Lipinski definition) is 3. The van der Waals surface area contributed by atoms with E-state index in [-0.39, 0.29) is 12.1 Å². The lowest BCUT2D eigenvalue weighted by Crippen LogP contribution is -2.49. The van der Waals surface area contributed by atoms with Crippen LogP contribution in [0.3, 0.4) is 0 Å². The molecule has 0 aromatic heterocycles. The highest BCUT2D eigenvalue weighted by Crippen LogP contribution is 2.20. The van der Waals surface area contributed by atoms with Gasteiger partial charge < -0.3 is 10.2 Å². The van der Waals surface area contributed by atoms with E-state index in [1.165, 1.54) is 5.06 Å². The molecule has 0 spiro atoms. The molecule has 1 aromatic rings. The van der Waals surface area contributed by atoms with Crippen LogP contribution in [0.2, 0.25) is 0 Å². The zero-order chi connectivity index (χ0) is 16.9. The first-order valence-corrected chi connectivity index (χ1v) is 7.93. The van der Waals surface area contributed by atoms with Crippen molar-refractivity contribution in [1.29, 1.82) is 0 Å². The summed E-state index contributed by atoms with van der Waals surface area (Å²) in [5, 5.41) is 4.28. The Morgan fingerprint density at radius 2 is 1.87 bits per heavy atom.